The quantitative estimate of drug-likeness (QED) is 0.249. The zero-order chi connectivity index (χ0) is 20.9. The van der Waals surface area contributed by atoms with E-state index in [2.05, 4.69) is 15.9 Å². The van der Waals surface area contributed by atoms with E-state index >= 15 is 0 Å². The fourth-order valence-electron chi connectivity index (χ4n) is 3.09. The first-order chi connectivity index (χ1) is 14.2. The minimum Gasteiger partial charge on any atom is -0.262 e. The number of likely N-dealkylation sites (N-methyl/N-ethyl adjacent to an activating group) is 1. The van der Waals surface area contributed by atoms with Crippen LogP contribution in [0.15, 0.2) is 76.5 Å². The van der Waals surface area contributed by atoms with E-state index in [1.54, 1.807) is 7.05 Å². The van der Waals surface area contributed by atoms with Crippen molar-refractivity contribution in [1.82, 2.24) is 15.0 Å². The minimum absolute atomic E-state index is 0. The van der Waals surface area contributed by atoms with Crippen LogP contribution in [0.1, 0.15) is 11.1 Å². The van der Waals surface area contributed by atoms with E-state index in [1.807, 2.05) is 60.7 Å². The minimum atomic E-state index is -0.361. The molecule has 0 aromatic heterocycles. The molecule has 0 spiro atoms. The number of nitroso groups, excluding NO2 is 3. The molecular weight excluding hydrogens is 395 g/mol. The normalized spacial score (nSPS) is 11.0. The molecule has 0 amide bonds. The molecule has 0 bridgehead atoms. The van der Waals surface area contributed by atoms with E-state index in [1.165, 1.54) is 15.0 Å². The van der Waals surface area contributed by atoms with Crippen molar-refractivity contribution < 1.29 is 29.6 Å². The summed E-state index contributed by atoms with van der Waals surface area (Å²) in [5.74, 6) is 0. The van der Waals surface area contributed by atoms with Crippen LogP contribution in [0.4, 0.5) is 0 Å². The van der Waals surface area contributed by atoms with Crippen LogP contribution in [0.25, 0.3) is 0 Å². The Labute approximate surface area is 198 Å². The first-order valence-electron chi connectivity index (χ1n) is 9.46. The van der Waals surface area contributed by atoms with Crippen molar-refractivity contribution in [1.29, 1.82) is 0 Å². The number of hydrogen-bond acceptors (Lipinski definition) is 6. The number of hydrogen-bond donors (Lipinski definition) is 0. The van der Waals surface area contributed by atoms with Crippen LogP contribution in [0.2, 0.25) is 0 Å². The molecule has 1 unspecified atom stereocenters. The predicted molar refractivity (Wildman–Crippen MR) is 112 cm³/mol. The van der Waals surface area contributed by atoms with Crippen molar-refractivity contribution in [2.24, 2.45) is 15.9 Å². The van der Waals surface area contributed by atoms with Gasteiger partial charge in [-0.2, -0.15) is 0 Å². The monoisotopic (exact) mass is 421 g/mol. The topological polar surface area (TPSA) is 98.0 Å². The van der Waals surface area contributed by atoms with Gasteiger partial charge < -0.3 is 0 Å². The summed E-state index contributed by atoms with van der Waals surface area (Å²) in [5.41, 5.74) is 2.12. The van der Waals surface area contributed by atoms with Gasteiger partial charge in [-0.3, -0.25) is 15.0 Å². The summed E-state index contributed by atoms with van der Waals surface area (Å²) in [5, 5.41) is 13.1. The molecule has 0 fully saturated rings. The molecular formula is C20H26N6NaO3+. The van der Waals surface area contributed by atoms with E-state index in [4.69, 9.17) is 0 Å². The molecule has 0 aliphatic heterocycles. The van der Waals surface area contributed by atoms with Gasteiger partial charge in [0.1, 0.15) is 0 Å². The SMILES string of the molecule is CN(CC(Cc1ccccc1)N(CCN(CCc1ccccc1)N=O)N=O)N=O.[Na+]. The molecule has 30 heavy (non-hydrogen) atoms. The van der Waals surface area contributed by atoms with Gasteiger partial charge in [0, 0.05) is 13.6 Å². The van der Waals surface area contributed by atoms with Gasteiger partial charge in [-0.25, -0.2) is 0 Å². The molecule has 2 aromatic carbocycles. The Hall–Kier alpha value is -2.36. The fraction of sp³-hybridized carbons (Fsp3) is 0.400. The molecule has 154 valence electrons. The molecule has 0 radical (unpaired) electrons. The molecule has 2 aromatic rings. The van der Waals surface area contributed by atoms with E-state index in [0.717, 1.165) is 11.1 Å². The number of nitrogens with zero attached hydrogens (tertiary/aromatic N) is 6. The van der Waals surface area contributed by atoms with E-state index in [9.17, 15) is 14.7 Å². The van der Waals surface area contributed by atoms with Gasteiger partial charge in [0.2, 0.25) is 0 Å². The Morgan fingerprint density at radius 2 is 1.37 bits per heavy atom. The Morgan fingerprint density at radius 1 is 0.767 bits per heavy atom. The van der Waals surface area contributed by atoms with Crippen LogP contribution in [0.5, 0.6) is 0 Å². The van der Waals surface area contributed by atoms with Crippen molar-refractivity contribution >= 4 is 0 Å². The number of rotatable bonds is 14. The van der Waals surface area contributed by atoms with Crippen molar-refractivity contribution in [2.75, 3.05) is 33.2 Å². The second kappa shape index (κ2) is 14.6. The largest absolute Gasteiger partial charge is 1.00 e. The van der Waals surface area contributed by atoms with E-state index in [0.29, 0.717) is 19.4 Å². The van der Waals surface area contributed by atoms with Gasteiger partial charge in [-0.15, -0.1) is 14.7 Å². The third-order valence-electron chi connectivity index (χ3n) is 4.66. The van der Waals surface area contributed by atoms with Crippen LogP contribution in [0, 0.1) is 14.7 Å². The Morgan fingerprint density at radius 3 is 1.90 bits per heavy atom. The van der Waals surface area contributed by atoms with Crippen molar-refractivity contribution in [3.63, 3.8) is 0 Å². The molecule has 0 saturated carbocycles. The second-order valence-electron chi connectivity index (χ2n) is 6.78. The van der Waals surface area contributed by atoms with E-state index in [-0.39, 0.29) is 55.2 Å². The summed E-state index contributed by atoms with van der Waals surface area (Å²) in [6.07, 6.45) is 1.19. The average molecular weight is 421 g/mol. The zero-order valence-electron chi connectivity index (χ0n) is 17.5. The average Bonchev–Trinajstić information content (AvgIpc) is 2.77. The summed E-state index contributed by atoms with van der Waals surface area (Å²) >= 11 is 0. The predicted octanol–water partition coefficient (Wildman–Crippen LogP) is 0.424. The van der Waals surface area contributed by atoms with Crippen LogP contribution in [-0.2, 0) is 12.8 Å². The van der Waals surface area contributed by atoms with Crippen LogP contribution in [0.3, 0.4) is 0 Å². The van der Waals surface area contributed by atoms with Gasteiger partial charge in [-0.1, -0.05) is 60.7 Å². The molecule has 2 rings (SSSR count). The Bertz CT molecular complexity index is 753. The Kier molecular flexibility index (Phi) is 12.5. The van der Waals surface area contributed by atoms with Gasteiger partial charge in [0.15, 0.2) is 0 Å². The molecule has 0 heterocycles. The summed E-state index contributed by atoms with van der Waals surface area (Å²) in [4.78, 5) is 33.5. The van der Waals surface area contributed by atoms with E-state index < -0.39 is 0 Å². The smallest absolute Gasteiger partial charge is 0.262 e. The van der Waals surface area contributed by atoms with Crippen LogP contribution >= 0.6 is 0 Å². The zero-order valence-corrected chi connectivity index (χ0v) is 19.5. The number of benzene rings is 2. The molecule has 9 nitrogen and oxygen atoms in total. The first kappa shape index (κ1) is 25.7. The van der Waals surface area contributed by atoms with Crippen molar-refractivity contribution in [3.05, 3.63) is 86.5 Å². The fourth-order valence-corrected chi connectivity index (χ4v) is 3.09. The first-order valence-corrected chi connectivity index (χ1v) is 9.46. The molecule has 0 aliphatic carbocycles. The maximum Gasteiger partial charge on any atom is 1.00 e. The van der Waals surface area contributed by atoms with Crippen LogP contribution in [-0.4, -0.2) is 54.3 Å². The van der Waals surface area contributed by atoms with Crippen molar-refractivity contribution in [2.45, 2.75) is 18.9 Å². The van der Waals surface area contributed by atoms with Gasteiger partial charge in [-0.05, 0) is 24.0 Å². The summed E-state index contributed by atoms with van der Waals surface area (Å²) in [6, 6.07) is 19.1. The van der Waals surface area contributed by atoms with Gasteiger partial charge in [0.25, 0.3) is 0 Å². The molecule has 0 N–H and O–H groups in total. The maximum absolute atomic E-state index is 11.5. The molecule has 1 atom stereocenters. The third-order valence-corrected chi connectivity index (χ3v) is 4.66. The molecule has 0 aliphatic rings. The van der Waals surface area contributed by atoms with Gasteiger partial charge >= 0.3 is 29.6 Å². The van der Waals surface area contributed by atoms with Crippen molar-refractivity contribution in [3.8, 4) is 0 Å². The molecule has 0 saturated heterocycles. The van der Waals surface area contributed by atoms with Crippen LogP contribution < -0.4 is 29.6 Å². The summed E-state index contributed by atoms with van der Waals surface area (Å²) in [7, 11) is 1.55. The maximum atomic E-state index is 11.5. The third kappa shape index (κ3) is 8.98. The second-order valence-corrected chi connectivity index (χ2v) is 6.78. The standard InChI is InChI=1S/C20H26N6O3.Na/c1-24(21-27)17-20(16-19-10-6-3-7-11-19)26(23-29)15-14-25(22-28)13-12-18-8-4-2-5-9-18;/h2-11,20H,12-17H2,1H3;/q;+1. The summed E-state index contributed by atoms with van der Waals surface area (Å²) < 4.78 is 0. The van der Waals surface area contributed by atoms with Gasteiger partial charge in [0.05, 0.1) is 41.5 Å². The Balaban J connectivity index is 0.00000450. The molecule has 10 heteroatoms. The summed E-state index contributed by atoms with van der Waals surface area (Å²) in [6.45, 7) is 1.15.